The molecular weight excluding hydrogens is 227 g/mol. The van der Waals surface area contributed by atoms with Gasteiger partial charge in [0.1, 0.15) is 0 Å². The van der Waals surface area contributed by atoms with Crippen molar-refractivity contribution in [1.29, 1.82) is 0 Å². The second-order valence-electron chi connectivity index (χ2n) is 2.52. The summed E-state index contributed by atoms with van der Waals surface area (Å²) in [7, 11) is 2.18. The number of nitrogens with one attached hydrogen (secondary N) is 1. The van der Waals surface area contributed by atoms with Gasteiger partial charge in [0.2, 0.25) is 0 Å². The summed E-state index contributed by atoms with van der Waals surface area (Å²) < 4.78 is 1.14. The average molecular weight is 240 g/mol. The van der Waals surface area contributed by atoms with Crippen molar-refractivity contribution in [3.63, 3.8) is 0 Å². The lowest BCUT2D eigenvalue weighted by Crippen LogP contribution is -2.31. The van der Waals surface area contributed by atoms with Crippen LogP contribution in [0.1, 0.15) is 6.42 Å². The maximum atomic E-state index is 3.34. The molecule has 1 unspecified atom stereocenters. The maximum absolute atomic E-state index is 3.34. The van der Waals surface area contributed by atoms with Crippen LogP contribution in [-0.2, 0) is 0 Å². The Kier molecular flexibility index (Phi) is 3.21. The van der Waals surface area contributed by atoms with Gasteiger partial charge in [-0.1, -0.05) is 22.6 Å². The fourth-order valence-electron chi connectivity index (χ4n) is 1.11. The quantitative estimate of drug-likeness (QED) is 0.433. The van der Waals surface area contributed by atoms with E-state index in [-0.39, 0.29) is 0 Å². The number of hydrogen-bond acceptors (Lipinski definition) is 2. The van der Waals surface area contributed by atoms with E-state index in [0.29, 0.717) is 0 Å². The predicted molar refractivity (Wildman–Crippen MR) is 47.9 cm³/mol. The van der Waals surface area contributed by atoms with E-state index in [9.17, 15) is 0 Å². The van der Waals surface area contributed by atoms with E-state index < -0.39 is 0 Å². The van der Waals surface area contributed by atoms with Gasteiger partial charge in [-0.25, -0.2) is 0 Å². The summed E-state index contributed by atoms with van der Waals surface area (Å²) in [6, 6.07) is 0.793. The van der Waals surface area contributed by atoms with Gasteiger partial charge in [0.15, 0.2) is 0 Å². The van der Waals surface area contributed by atoms with Crippen LogP contribution in [0.5, 0.6) is 0 Å². The molecule has 0 aromatic heterocycles. The molecule has 0 saturated carbocycles. The highest BCUT2D eigenvalue weighted by Crippen LogP contribution is 2.06. The molecule has 0 amide bonds. The first-order chi connectivity index (χ1) is 4.34. The van der Waals surface area contributed by atoms with Crippen molar-refractivity contribution >= 4 is 22.6 Å². The van der Waals surface area contributed by atoms with Crippen LogP contribution in [0.15, 0.2) is 0 Å². The molecule has 3 heteroatoms. The zero-order valence-electron chi connectivity index (χ0n) is 5.73. The van der Waals surface area contributed by atoms with Gasteiger partial charge < -0.3 is 5.32 Å². The summed E-state index contributed by atoms with van der Waals surface area (Å²) in [5.74, 6) is 0. The van der Waals surface area contributed by atoms with Gasteiger partial charge in [-0.15, -0.1) is 0 Å². The van der Waals surface area contributed by atoms with E-state index in [1.807, 2.05) is 0 Å². The Morgan fingerprint density at radius 1 is 1.78 bits per heavy atom. The van der Waals surface area contributed by atoms with Crippen molar-refractivity contribution in [2.24, 2.45) is 0 Å². The zero-order valence-corrected chi connectivity index (χ0v) is 7.89. The molecule has 54 valence electrons. The molecule has 1 heterocycles. The summed E-state index contributed by atoms with van der Waals surface area (Å²) in [4.78, 5) is 2.39. The van der Waals surface area contributed by atoms with Crippen molar-refractivity contribution in [1.82, 2.24) is 10.2 Å². The fraction of sp³-hybridized carbons (Fsp3) is 1.00. The molecule has 9 heavy (non-hydrogen) atoms. The largest absolute Gasteiger partial charge is 0.315 e. The minimum atomic E-state index is 0.793. The Hall–Kier alpha value is 0.650. The summed E-state index contributed by atoms with van der Waals surface area (Å²) in [5, 5.41) is 3.34. The van der Waals surface area contributed by atoms with E-state index in [1.165, 1.54) is 19.5 Å². The minimum Gasteiger partial charge on any atom is -0.315 e. The molecule has 0 bridgehead atoms. The molecule has 0 aliphatic carbocycles. The Morgan fingerprint density at radius 3 is 3.00 bits per heavy atom. The Bertz CT molecular complexity index is 81.1. The van der Waals surface area contributed by atoms with Gasteiger partial charge in [0.25, 0.3) is 0 Å². The van der Waals surface area contributed by atoms with Crippen molar-refractivity contribution in [2.45, 2.75) is 12.5 Å². The van der Waals surface area contributed by atoms with Crippen molar-refractivity contribution < 1.29 is 0 Å². The van der Waals surface area contributed by atoms with Crippen molar-refractivity contribution in [3.05, 3.63) is 0 Å². The number of likely N-dealkylation sites (N-methyl/N-ethyl adjacent to an activating group) is 1. The topological polar surface area (TPSA) is 15.3 Å². The van der Waals surface area contributed by atoms with Crippen LogP contribution in [0.4, 0.5) is 0 Å². The molecule has 0 radical (unpaired) electrons. The second-order valence-corrected chi connectivity index (χ2v) is 3.21. The third-order valence-corrected chi connectivity index (χ3v) is 2.92. The Labute approximate surface area is 70.1 Å². The van der Waals surface area contributed by atoms with E-state index in [1.54, 1.807) is 0 Å². The summed E-state index contributed by atoms with van der Waals surface area (Å²) in [6.45, 7) is 2.38. The fourth-order valence-corrected chi connectivity index (χ4v) is 1.67. The van der Waals surface area contributed by atoms with E-state index in [2.05, 4.69) is 39.9 Å². The van der Waals surface area contributed by atoms with Crippen LogP contribution in [-0.4, -0.2) is 35.6 Å². The van der Waals surface area contributed by atoms with Crippen LogP contribution >= 0.6 is 22.6 Å². The van der Waals surface area contributed by atoms with Crippen molar-refractivity contribution in [2.75, 3.05) is 24.7 Å². The molecular formula is C6H13IN2. The highest BCUT2D eigenvalue weighted by atomic mass is 127. The number of alkyl halides is 1. The molecule has 0 spiro atoms. The molecule has 2 nitrogen and oxygen atoms in total. The summed E-state index contributed by atoms with van der Waals surface area (Å²) >= 11 is 2.40. The lowest BCUT2D eigenvalue weighted by atomic mass is 10.2. The average Bonchev–Trinajstić information content (AvgIpc) is 2.37. The summed E-state index contributed by atoms with van der Waals surface area (Å²) in [5.41, 5.74) is 0. The Morgan fingerprint density at radius 2 is 2.56 bits per heavy atom. The Balaban J connectivity index is 2.24. The monoisotopic (exact) mass is 240 g/mol. The third-order valence-electron chi connectivity index (χ3n) is 1.85. The molecule has 0 aromatic carbocycles. The van der Waals surface area contributed by atoms with Gasteiger partial charge in [0, 0.05) is 12.6 Å². The molecule has 1 saturated heterocycles. The number of rotatable bonds is 2. The van der Waals surface area contributed by atoms with Gasteiger partial charge >= 0.3 is 0 Å². The first-order valence-electron chi connectivity index (χ1n) is 3.31. The molecule has 0 aromatic rings. The van der Waals surface area contributed by atoms with Crippen LogP contribution in [0.3, 0.4) is 0 Å². The van der Waals surface area contributed by atoms with Gasteiger partial charge in [-0.05, 0) is 20.0 Å². The second kappa shape index (κ2) is 3.73. The van der Waals surface area contributed by atoms with Crippen LogP contribution in [0.2, 0.25) is 0 Å². The smallest absolute Gasteiger partial charge is 0.0506 e. The summed E-state index contributed by atoms with van der Waals surface area (Å²) in [6.07, 6.45) is 1.32. The van der Waals surface area contributed by atoms with Crippen LogP contribution in [0, 0.1) is 0 Å². The number of hydrogen-bond donors (Lipinski definition) is 1. The van der Waals surface area contributed by atoms with Gasteiger partial charge in [0.05, 0.1) is 4.55 Å². The number of nitrogens with zero attached hydrogens (tertiary/aromatic N) is 1. The third kappa shape index (κ3) is 2.05. The van der Waals surface area contributed by atoms with Crippen LogP contribution < -0.4 is 5.32 Å². The maximum Gasteiger partial charge on any atom is 0.0506 e. The molecule has 1 N–H and O–H groups in total. The van der Waals surface area contributed by atoms with E-state index in [4.69, 9.17) is 0 Å². The van der Waals surface area contributed by atoms with Crippen molar-refractivity contribution in [3.8, 4) is 0 Å². The molecule has 1 fully saturated rings. The van der Waals surface area contributed by atoms with E-state index >= 15 is 0 Å². The first-order valence-corrected chi connectivity index (χ1v) is 4.84. The number of halogens is 1. The highest BCUT2D eigenvalue weighted by molar-refractivity contribution is 14.1. The van der Waals surface area contributed by atoms with Crippen LogP contribution in [0.25, 0.3) is 0 Å². The molecule has 1 rings (SSSR count). The lowest BCUT2D eigenvalue weighted by Gasteiger charge is -2.19. The normalized spacial score (nSPS) is 27.7. The zero-order chi connectivity index (χ0) is 6.69. The van der Waals surface area contributed by atoms with Gasteiger partial charge in [-0.3, -0.25) is 4.90 Å². The molecule has 1 aliphatic rings. The van der Waals surface area contributed by atoms with E-state index in [0.717, 1.165) is 10.6 Å². The predicted octanol–water partition coefficient (Wildman–Crippen LogP) is 0.673. The standard InChI is InChI=1S/C6H13IN2/c1-9(5-7)6-2-3-8-4-6/h6,8H,2-5H2,1H3. The molecule has 1 aliphatic heterocycles. The highest BCUT2D eigenvalue weighted by Gasteiger charge is 2.17. The minimum absolute atomic E-state index is 0.793. The van der Waals surface area contributed by atoms with Gasteiger partial charge in [-0.2, -0.15) is 0 Å². The lowest BCUT2D eigenvalue weighted by molar-refractivity contribution is 0.307. The first kappa shape index (κ1) is 7.75. The SMILES string of the molecule is CN(CI)C1CCNC1. The molecule has 1 atom stereocenters.